The molecule has 0 aromatic carbocycles. The number of nitrogen functional groups attached to an aromatic ring is 1. The summed E-state index contributed by atoms with van der Waals surface area (Å²) in [5.41, 5.74) is 6.51. The molecule has 3 aromatic heterocycles. The van der Waals surface area contributed by atoms with Crippen molar-refractivity contribution >= 4 is 39.3 Å². The van der Waals surface area contributed by atoms with Crippen LogP contribution in [0.1, 0.15) is 5.69 Å². The lowest BCUT2D eigenvalue weighted by atomic mass is 10.4. The van der Waals surface area contributed by atoms with Gasteiger partial charge in [-0.2, -0.15) is 0 Å². The molecule has 0 saturated carbocycles. The molecule has 0 radical (unpaired) electrons. The fraction of sp³-hybridized carbons (Fsp3) is 0.100. The van der Waals surface area contributed by atoms with E-state index in [9.17, 15) is 0 Å². The average molecular weight is 264 g/mol. The molecule has 0 atom stereocenters. The maximum Gasteiger partial charge on any atom is 0.262 e. The Labute approximate surface area is 105 Å². The molecule has 3 aromatic rings. The van der Waals surface area contributed by atoms with Crippen LogP contribution in [0.5, 0.6) is 0 Å². The largest absolute Gasteiger partial charge is 0.439 e. The number of aryl methyl sites for hydroxylation is 1. The molecular weight excluding hydrogens is 256 g/mol. The van der Waals surface area contributed by atoms with E-state index in [1.165, 1.54) is 23.1 Å². The number of aromatic nitrogens is 3. The van der Waals surface area contributed by atoms with Crippen LogP contribution in [0, 0.1) is 6.92 Å². The molecular formula is C10H8N4OS2. The zero-order valence-corrected chi connectivity index (χ0v) is 10.5. The van der Waals surface area contributed by atoms with Crippen LogP contribution < -0.4 is 5.73 Å². The highest BCUT2D eigenvalue weighted by Gasteiger charge is 2.11. The predicted octanol–water partition coefficient (Wildman–Crippen LogP) is 2.72. The number of oxazole rings is 1. The molecule has 7 heteroatoms. The monoisotopic (exact) mass is 264 g/mol. The topological polar surface area (TPSA) is 77.8 Å². The van der Waals surface area contributed by atoms with Gasteiger partial charge >= 0.3 is 0 Å². The molecule has 3 heterocycles. The van der Waals surface area contributed by atoms with E-state index in [0.29, 0.717) is 5.22 Å². The van der Waals surface area contributed by atoms with Gasteiger partial charge in [-0.05, 0) is 30.1 Å². The molecule has 0 aliphatic heterocycles. The first-order valence-corrected chi connectivity index (χ1v) is 6.53. The van der Waals surface area contributed by atoms with Crippen molar-refractivity contribution in [1.29, 1.82) is 0 Å². The van der Waals surface area contributed by atoms with E-state index in [0.717, 1.165) is 20.9 Å². The van der Waals surface area contributed by atoms with E-state index in [4.69, 9.17) is 10.2 Å². The highest BCUT2D eigenvalue weighted by Crippen LogP contribution is 2.33. The third kappa shape index (κ3) is 1.98. The first kappa shape index (κ1) is 10.5. The lowest BCUT2D eigenvalue weighted by molar-refractivity contribution is 0.454. The summed E-state index contributed by atoms with van der Waals surface area (Å²) in [7, 11) is 0. The Hall–Kier alpha value is -1.60. The van der Waals surface area contributed by atoms with Crippen molar-refractivity contribution in [3.8, 4) is 0 Å². The number of hydrogen-bond donors (Lipinski definition) is 1. The van der Waals surface area contributed by atoms with Crippen molar-refractivity contribution in [2.45, 2.75) is 17.2 Å². The molecule has 0 spiro atoms. The van der Waals surface area contributed by atoms with Crippen molar-refractivity contribution < 1.29 is 4.42 Å². The van der Waals surface area contributed by atoms with Gasteiger partial charge in [-0.15, -0.1) is 11.3 Å². The van der Waals surface area contributed by atoms with Gasteiger partial charge in [0.1, 0.15) is 16.1 Å². The number of nitrogens with two attached hydrogens (primary N) is 1. The minimum atomic E-state index is 0.269. The van der Waals surface area contributed by atoms with Gasteiger partial charge in [0.05, 0.1) is 5.69 Å². The predicted molar refractivity (Wildman–Crippen MR) is 67.2 cm³/mol. The lowest BCUT2D eigenvalue weighted by Gasteiger charge is -1.99. The smallest absolute Gasteiger partial charge is 0.262 e. The second-order valence-electron chi connectivity index (χ2n) is 3.38. The fourth-order valence-electron chi connectivity index (χ4n) is 1.38. The molecule has 0 fully saturated rings. The third-order valence-electron chi connectivity index (χ3n) is 2.09. The molecule has 5 nitrogen and oxygen atoms in total. The Balaban J connectivity index is 2.07. The molecule has 0 amide bonds. The lowest BCUT2D eigenvalue weighted by Crippen LogP contribution is -1.95. The second kappa shape index (κ2) is 4.01. The van der Waals surface area contributed by atoms with Crippen LogP contribution in [0.4, 0.5) is 5.95 Å². The summed E-state index contributed by atoms with van der Waals surface area (Å²) in [6.45, 7) is 1.88. The molecule has 0 aliphatic carbocycles. The molecule has 0 saturated heterocycles. The summed E-state index contributed by atoms with van der Waals surface area (Å²) in [6.07, 6.45) is 1.61. The van der Waals surface area contributed by atoms with Crippen molar-refractivity contribution in [2.75, 3.05) is 5.73 Å². The molecule has 0 unspecified atom stereocenters. The summed E-state index contributed by atoms with van der Waals surface area (Å²) in [4.78, 5) is 13.5. The van der Waals surface area contributed by atoms with Gasteiger partial charge < -0.3 is 10.2 Å². The van der Waals surface area contributed by atoms with Gasteiger partial charge in [0.15, 0.2) is 0 Å². The van der Waals surface area contributed by atoms with Gasteiger partial charge in [0, 0.05) is 5.39 Å². The van der Waals surface area contributed by atoms with Crippen LogP contribution in [0.15, 0.2) is 32.4 Å². The Kier molecular flexibility index (Phi) is 2.49. The highest BCUT2D eigenvalue weighted by atomic mass is 32.2. The van der Waals surface area contributed by atoms with E-state index >= 15 is 0 Å². The van der Waals surface area contributed by atoms with Crippen LogP contribution >= 0.6 is 23.1 Å². The molecule has 86 valence electrons. The Morgan fingerprint density at radius 2 is 2.24 bits per heavy atom. The summed E-state index contributed by atoms with van der Waals surface area (Å²) in [5.74, 6) is 0.269. The van der Waals surface area contributed by atoms with Crippen molar-refractivity contribution in [2.24, 2.45) is 0 Å². The van der Waals surface area contributed by atoms with Gasteiger partial charge in [0.2, 0.25) is 5.95 Å². The molecule has 17 heavy (non-hydrogen) atoms. The number of fused-ring (bicyclic) bond motifs is 1. The molecule has 3 rings (SSSR count). The SMILES string of the molecule is Cc1coc(Sc2nc(N)nc3sccc23)n1. The van der Waals surface area contributed by atoms with E-state index in [-0.39, 0.29) is 5.95 Å². The zero-order chi connectivity index (χ0) is 11.8. The quantitative estimate of drug-likeness (QED) is 0.717. The summed E-state index contributed by atoms with van der Waals surface area (Å²) in [6, 6.07) is 1.97. The first-order chi connectivity index (χ1) is 8.22. The number of thiophene rings is 1. The Bertz CT molecular complexity index is 676. The van der Waals surface area contributed by atoms with Crippen molar-refractivity contribution in [3.05, 3.63) is 23.4 Å². The van der Waals surface area contributed by atoms with Crippen LogP contribution in [-0.2, 0) is 0 Å². The molecule has 2 N–H and O–H groups in total. The maximum atomic E-state index is 5.66. The Morgan fingerprint density at radius 3 is 3.00 bits per heavy atom. The second-order valence-corrected chi connectivity index (χ2v) is 5.22. The maximum absolute atomic E-state index is 5.66. The van der Waals surface area contributed by atoms with Gasteiger partial charge in [-0.3, -0.25) is 0 Å². The van der Waals surface area contributed by atoms with Gasteiger partial charge in [-0.25, -0.2) is 15.0 Å². The number of hydrogen-bond acceptors (Lipinski definition) is 7. The van der Waals surface area contributed by atoms with Gasteiger partial charge in [0.25, 0.3) is 5.22 Å². The average Bonchev–Trinajstić information content (AvgIpc) is 2.87. The summed E-state index contributed by atoms with van der Waals surface area (Å²) < 4.78 is 5.29. The van der Waals surface area contributed by atoms with E-state index < -0.39 is 0 Å². The number of nitrogens with zero attached hydrogens (tertiary/aromatic N) is 3. The standard InChI is InChI=1S/C10H8N4OS2/c1-5-4-15-10(12-5)17-8-6-2-3-16-7(6)13-9(11)14-8/h2-4H,1H3,(H2,11,13,14). The van der Waals surface area contributed by atoms with E-state index in [1.54, 1.807) is 6.26 Å². The summed E-state index contributed by atoms with van der Waals surface area (Å²) >= 11 is 2.89. The van der Waals surface area contributed by atoms with Crippen LogP contribution in [0.2, 0.25) is 0 Å². The van der Waals surface area contributed by atoms with Crippen LogP contribution in [0.25, 0.3) is 10.2 Å². The van der Waals surface area contributed by atoms with E-state index in [2.05, 4.69) is 15.0 Å². The zero-order valence-electron chi connectivity index (χ0n) is 8.88. The molecule has 0 aliphatic rings. The van der Waals surface area contributed by atoms with E-state index in [1.807, 2.05) is 18.4 Å². The highest BCUT2D eigenvalue weighted by molar-refractivity contribution is 7.99. The summed E-state index contributed by atoms with van der Waals surface area (Å²) in [5, 5.41) is 4.28. The first-order valence-electron chi connectivity index (χ1n) is 4.83. The van der Waals surface area contributed by atoms with Crippen molar-refractivity contribution in [1.82, 2.24) is 15.0 Å². The fourth-order valence-corrected chi connectivity index (χ4v) is 3.08. The number of anilines is 1. The Morgan fingerprint density at radius 1 is 1.35 bits per heavy atom. The van der Waals surface area contributed by atoms with Crippen LogP contribution in [0.3, 0.4) is 0 Å². The number of rotatable bonds is 2. The van der Waals surface area contributed by atoms with Gasteiger partial charge in [-0.1, -0.05) is 0 Å². The normalized spacial score (nSPS) is 11.1. The van der Waals surface area contributed by atoms with Crippen LogP contribution in [-0.4, -0.2) is 15.0 Å². The third-order valence-corrected chi connectivity index (χ3v) is 3.76. The minimum absolute atomic E-state index is 0.269. The minimum Gasteiger partial charge on any atom is -0.439 e. The van der Waals surface area contributed by atoms with Crippen molar-refractivity contribution in [3.63, 3.8) is 0 Å². The molecule has 0 bridgehead atoms.